The van der Waals surface area contributed by atoms with Crippen LogP contribution in [0.15, 0.2) is 6.07 Å². The van der Waals surface area contributed by atoms with Crippen LogP contribution in [0.2, 0.25) is 0 Å². The molecular weight excluding hydrogens is 224 g/mol. The largest absolute Gasteiger partial charge is 0.490 e. The molecule has 2 aliphatic rings. The third-order valence-electron chi connectivity index (χ3n) is 3.61. The van der Waals surface area contributed by atoms with Gasteiger partial charge in [-0.25, -0.2) is 8.78 Å². The van der Waals surface area contributed by atoms with Crippen molar-refractivity contribution in [3.63, 3.8) is 0 Å². The molecule has 2 nitrogen and oxygen atoms in total. The van der Waals surface area contributed by atoms with Gasteiger partial charge in [-0.2, -0.15) is 0 Å². The Bertz CT molecular complexity index is 442. The molecule has 0 spiro atoms. The van der Waals surface area contributed by atoms with Crippen LogP contribution >= 0.6 is 0 Å². The van der Waals surface area contributed by atoms with Crippen molar-refractivity contribution in [3.8, 4) is 5.75 Å². The molecule has 1 saturated heterocycles. The van der Waals surface area contributed by atoms with Gasteiger partial charge in [-0.1, -0.05) is 0 Å². The normalized spacial score (nSPS) is 22.6. The van der Waals surface area contributed by atoms with Gasteiger partial charge < -0.3 is 10.1 Å². The Kier molecular flexibility index (Phi) is 2.74. The van der Waals surface area contributed by atoms with Crippen molar-refractivity contribution in [3.05, 3.63) is 28.8 Å². The number of fused-ring (bicyclic) bond motifs is 1. The van der Waals surface area contributed by atoms with Crippen LogP contribution in [0.5, 0.6) is 5.75 Å². The first-order valence-corrected chi connectivity index (χ1v) is 6.11. The Morgan fingerprint density at radius 3 is 3.00 bits per heavy atom. The van der Waals surface area contributed by atoms with Gasteiger partial charge in [0.15, 0.2) is 11.6 Å². The number of rotatable bonds is 2. The van der Waals surface area contributed by atoms with Gasteiger partial charge in [0.2, 0.25) is 0 Å². The predicted molar refractivity (Wildman–Crippen MR) is 60.3 cm³/mol. The quantitative estimate of drug-likeness (QED) is 0.854. The van der Waals surface area contributed by atoms with Gasteiger partial charge in [-0.3, -0.25) is 0 Å². The summed E-state index contributed by atoms with van der Waals surface area (Å²) in [5, 5.41) is 3.34. The summed E-state index contributed by atoms with van der Waals surface area (Å²) in [4.78, 5) is 0. The third-order valence-corrected chi connectivity index (χ3v) is 3.61. The molecule has 0 aliphatic carbocycles. The molecule has 2 aliphatic heterocycles. The van der Waals surface area contributed by atoms with E-state index in [9.17, 15) is 8.78 Å². The highest BCUT2D eigenvalue weighted by atomic mass is 19.1. The molecule has 1 N–H and O–H groups in total. The second-order valence-electron chi connectivity index (χ2n) is 4.72. The van der Waals surface area contributed by atoms with Gasteiger partial charge in [0.05, 0.1) is 6.61 Å². The van der Waals surface area contributed by atoms with Crippen molar-refractivity contribution in [2.75, 3.05) is 13.2 Å². The highest BCUT2D eigenvalue weighted by Crippen LogP contribution is 2.34. The summed E-state index contributed by atoms with van der Waals surface area (Å²) in [6.45, 7) is 1.45. The van der Waals surface area contributed by atoms with E-state index in [1.54, 1.807) is 0 Å². The molecule has 0 aromatic heterocycles. The lowest BCUT2D eigenvalue weighted by Crippen LogP contribution is -2.24. The van der Waals surface area contributed by atoms with E-state index in [0.29, 0.717) is 31.1 Å². The predicted octanol–water partition coefficient (Wildman–Crippen LogP) is 2.19. The van der Waals surface area contributed by atoms with Gasteiger partial charge in [0.1, 0.15) is 5.82 Å². The van der Waals surface area contributed by atoms with Gasteiger partial charge in [-0.15, -0.1) is 0 Å². The molecule has 17 heavy (non-hydrogen) atoms. The second-order valence-corrected chi connectivity index (χ2v) is 4.72. The molecule has 1 aromatic rings. The topological polar surface area (TPSA) is 21.3 Å². The fourth-order valence-corrected chi connectivity index (χ4v) is 2.76. The summed E-state index contributed by atoms with van der Waals surface area (Å²) in [6.07, 6.45) is 3.45. The van der Waals surface area contributed by atoms with Crippen molar-refractivity contribution < 1.29 is 13.5 Å². The van der Waals surface area contributed by atoms with Crippen molar-refractivity contribution in [1.29, 1.82) is 0 Å². The number of hydrogen-bond acceptors (Lipinski definition) is 2. The van der Waals surface area contributed by atoms with E-state index in [2.05, 4.69) is 5.32 Å². The molecule has 3 rings (SSSR count). The lowest BCUT2D eigenvalue weighted by Gasteiger charge is -2.14. The molecule has 1 atom stereocenters. The Hall–Kier alpha value is -1.16. The zero-order valence-electron chi connectivity index (χ0n) is 9.56. The molecule has 4 heteroatoms. The minimum absolute atomic E-state index is 0.263. The van der Waals surface area contributed by atoms with Crippen LogP contribution in [0.1, 0.15) is 24.0 Å². The van der Waals surface area contributed by atoms with Crippen LogP contribution < -0.4 is 10.1 Å². The number of ether oxygens (including phenoxy) is 1. The third kappa shape index (κ3) is 1.90. The molecule has 0 amide bonds. The summed E-state index contributed by atoms with van der Waals surface area (Å²) >= 11 is 0. The van der Waals surface area contributed by atoms with Crippen LogP contribution in [0.3, 0.4) is 0 Å². The van der Waals surface area contributed by atoms with Crippen LogP contribution in [0, 0.1) is 11.6 Å². The maximum Gasteiger partial charge on any atom is 0.168 e. The van der Waals surface area contributed by atoms with Gasteiger partial charge >= 0.3 is 0 Å². The van der Waals surface area contributed by atoms with E-state index in [4.69, 9.17) is 4.74 Å². The first kappa shape index (κ1) is 11.0. The highest BCUT2D eigenvalue weighted by Gasteiger charge is 2.26. The average Bonchev–Trinajstić information content (AvgIpc) is 2.95. The molecular formula is C13H15F2NO. The second kappa shape index (κ2) is 4.26. The fraction of sp³-hybridized carbons (Fsp3) is 0.538. The van der Waals surface area contributed by atoms with Crippen molar-refractivity contribution in [2.24, 2.45) is 0 Å². The number of hydrogen-bond donors (Lipinski definition) is 1. The van der Waals surface area contributed by atoms with Gasteiger partial charge in [-0.05, 0) is 31.4 Å². The maximum atomic E-state index is 13.8. The lowest BCUT2D eigenvalue weighted by molar-refractivity contribution is 0.338. The SMILES string of the molecule is Fc1cc(F)c2c(c1CC1CCCN1)CCO2. The Morgan fingerprint density at radius 2 is 2.24 bits per heavy atom. The van der Waals surface area contributed by atoms with E-state index in [-0.39, 0.29) is 5.75 Å². The summed E-state index contributed by atoms with van der Waals surface area (Å²) in [5.74, 6) is -0.738. The monoisotopic (exact) mass is 239 g/mol. The van der Waals surface area contributed by atoms with E-state index in [1.165, 1.54) is 0 Å². The Balaban J connectivity index is 1.95. The molecule has 1 aromatic carbocycles. The highest BCUT2D eigenvalue weighted by molar-refractivity contribution is 5.45. The van der Waals surface area contributed by atoms with E-state index >= 15 is 0 Å². The molecule has 0 saturated carbocycles. The smallest absolute Gasteiger partial charge is 0.168 e. The van der Waals surface area contributed by atoms with Gasteiger partial charge in [0, 0.05) is 24.1 Å². The minimum Gasteiger partial charge on any atom is -0.490 e. The summed E-state index contributed by atoms with van der Waals surface area (Å²) in [6, 6.07) is 1.27. The van der Waals surface area contributed by atoms with Crippen LogP contribution in [-0.2, 0) is 12.8 Å². The number of halogens is 2. The van der Waals surface area contributed by atoms with E-state index in [0.717, 1.165) is 31.0 Å². The Morgan fingerprint density at radius 1 is 1.35 bits per heavy atom. The molecule has 0 bridgehead atoms. The number of benzene rings is 1. The molecule has 2 heterocycles. The fourth-order valence-electron chi connectivity index (χ4n) is 2.76. The molecule has 1 fully saturated rings. The summed E-state index contributed by atoms with van der Waals surface area (Å²) < 4.78 is 32.5. The van der Waals surface area contributed by atoms with E-state index < -0.39 is 11.6 Å². The van der Waals surface area contributed by atoms with Crippen LogP contribution in [0.25, 0.3) is 0 Å². The zero-order chi connectivity index (χ0) is 11.8. The number of nitrogens with one attached hydrogen (secondary N) is 1. The van der Waals surface area contributed by atoms with E-state index in [1.807, 2.05) is 0 Å². The first-order valence-electron chi connectivity index (χ1n) is 6.11. The average molecular weight is 239 g/mol. The molecule has 1 unspecified atom stereocenters. The van der Waals surface area contributed by atoms with Crippen LogP contribution in [0.4, 0.5) is 8.78 Å². The molecule has 0 radical (unpaired) electrons. The Labute approximate surface area is 99.0 Å². The molecule has 92 valence electrons. The van der Waals surface area contributed by atoms with Crippen LogP contribution in [-0.4, -0.2) is 19.2 Å². The maximum absolute atomic E-state index is 13.8. The minimum atomic E-state index is -0.571. The first-order chi connectivity index (χ1) is 8.25. The lowest BCUT2D eigenvalue weighted by atomic mass is 9.97. The van der Waals surface area contributed by atoms with Crippen molar-refractivity contribution >= 4 is 0 Å². The van der Waals surface area contributed by atoms with Crippen molar-refractivity contribution in [2.45, 2.75) is 31.7 Å². The van der Waals surface area contributed by atoms with Crippen molar-refractivity contribution in [1.82, 2.24) is 5.32 Å². The van der Waals surface area contributed by atoms with Gasteiger partial charge in [0.25, 0.3) is 0 Å². The zero-order valence-corrected chi connectivity index (χ0v) is 9.56. The summed E-state index contributed by atoms with van der Waals surface area (Å²) in [7, 11) is 0. The summed E-state index contributed by atoms with van der Waals surface area (Å²) in [5.41, 5.74) is 1.37. The standard InChI is InChI=1S/C13H15F2NO/c14-11-7-12(15)13-9(3-5-17-13)10(11)6-8-2-1-4-16-8/h7-8,16H,1-6H2.